The SMILES string of the molecule is NC(=O)C1CCC(n2c(Nc3c(F)cc(Cl)cc3Cl)nc3cnc(N[C@H]4CCO[C@@H](F)C4)nc32)CC1. The lowest BCUT2D eigenvalue weighted by atomic mass is 9.85. The van der Waals surface area contributed by atoms with Crippen LogP contribution in [0, 0.1) is 11.7 Å². The normalized spacial score (nSPS) is 24.6. The zero-order valence-electron chi connectivity index (χ0n) is 19.2. The second kappa shape index (κ2) is 10.3. The van der Waals surface area contributed by atoms with Crippen LogP contribution in [0.15, 0.2) is 18.3 Å². The summed E-state index contributed by atoms with van der Waals surface area (Å²) in [4.78, 5) is 25.3. The van der Waals surface area contributed by atoms with Gasteiger partial charge in [0.15, 0.2) is 5.65 Å². The highest BCUT2D eigenvalue weighted by atomic mass is 35.5. The zero-order valence-corrected chi connectivity index (χ0v) is 20.7. The molecule has 0 spiro atoms. The van der Waals surface area contributed by atoms with Gasteiger partial charge in [0.1, 0.15) is 11.3 Å². The summed E-state index contributed by atoms with van der Waals surface area (Å²) in [5.74, 6) is -0.469. The second-order valence-corrected chi connectivity index (χ2v) is 9.98. The molecule has 1 aliphatic carbocycles. The first-order valence-electron chi connectivity index (χ1n) is 11.8. The molecule has 13 heteroatoms. The molecule has 3 aromatic rings. The van der Waals surface area contributed by atoms with Gasteiger partial charge in [0.05, 0.1) is 23.5 Å². The van der Waals surface area contributed by atoms with Crippen LogP contribution in [0.25, 0.3) is 11.2 Å². The number of hydrogen-bond donors (Lipinski definition) is 3. The number of carbonyl (C=O) groups is 1. The fraction of sp³-hybridized carbons (Fsp3) is 0.478. The number of hydrogen-bond acceptors (Lipinski definition) is 7. The van der Waals surface area contributed by atoms with Crippen LogP contribution in [0.2, 0.25) is 10.0 Å². The van der Waals surface area contributed by atoms with Gasteiger partial charge in [-0.15, -0.1) is 0 Å². The molecular weight excluding hydrogens is 515 g/mol. The number of nitrogens with one attached hydrogen (secondary N) is 2. The minimum atomic E-state index is -1.33. The molecule has 1 aromatic carbocycles. The van der Waals surface area contributed by atoms with Gasteiger partial charge in [-0.3, -0.25) is 9.36 Å². The fourth-order valence-electron chi connectivity index (χ4n) is 4.85. The van der Waals surface area contributed by atoms with Crippen molar-refractivity contribution in [2.24, 2.45) is 11.7 Å². The fourth-order valence-corrected chi connectivity index (χ4v) is 5.36. The summed E-state index contributed by atoms with van der Waals surface area (Å²) in [6.45, 7) is 0.309. The standard InChI is InChI=1S/C23H25Cl2F2N7O2/c24-12-7-15(25)19(16(26)8-12)32-23-31-17-10-29-22(30-13-5-6-36-18(27)9-13)33-21(17)34(23)14-3-1-11(2-4-14)20(28)35/h7-8,10-11,13-14,18H,1-6,9H2,(H2,28,35)(H,31,32)(H,29,30,33)/t11?,13-,14?,18+/m0/s1. The third-order valence-corrected chi connectivity index (χ3v) is 7.23. The monoisotopic (exact) mass is 539 g/mol. The van der Waals surface area contributed by atoms with Crippen molar-refractivity contribution in [3.63, 3.8) is 0 Å². The smallest absolute Gasteiger partial charge is 0.224 e. The van der Waals surface area contributed by atoms with Crippen molar-refractivity contribution in [2.45, 2.75) is 57.0 Å². The van der Waals surface area contributed by atoms with Gasteiger partial charge in [-0.25, -0.2) is 18.7 Å². The average Bonchev–Trinajstić information content (AvgIpc) is 3.18. The van der Waals surface area contributed by atoms with Crippen LogP contribution in [-0.2, 0) is 9.53 Å². The molecule has 1 saturated carbocycles. The van der Waals surface area contributed by atoms with Crippen LogP contribution in [0.3, 0.4) is 0 Å². The lowest BCUT2D eigenvalue weighted by Crippen LogP contribution is -2.32. The number of fused-ring (bicyclic) bond motifs is 1. The van der Waals surface area contributed by atoms with E-state index in [-0.39, 0.29) is 46.1 Å². The van der Waals surface area contributed by atoms with E-state index in [0.717, 1.165) is 6.07 Å². The van der Waals surface area contributed by atoms with Gasteiger partial charge in [-0.1, -0.05) is 23.2 Å². The summed E-state index contributed by atoms with van der Waals surface area (Å²) in [7, 11) is 0. The highest BCUT2D eigenvalue weighted by Gasteiger charge is 2.30. The molecule has 5 rings (SSSR count). The third-order valence-electron chi connectivity index (χ3n) is 6.71. The van der Waals surface area contributed by atoms with Crippen molar-refractivity contribution >= 4 is 57.9 Å². The minimum Gasteiger partial charge on any atom is -0.369 e. The molecule has 0 bridgehead atoms. The van der Waals surface area contributed by atoms with Crippen molar-refractivity contribution in [3.05, 3.63) is 34.2 Å². The van der Waals surface area contributed by atoms with Crippen LogP contribution in [0.5, 0.6) is 0 Å². The Morgan fingerprint density at radius 2 is 1.94 bits per heavy atom. The number of primary amides is 1. The number of nitrogens with two attached hydrogens (primary N) is 1. The molecule has 2 aliphatic rings. The number of benzene rings is 1. The van der Waals surface area contributed by atoms with Crippen LogP contribution in [0.4, 0.5) is 26.4 Å². The number of rotatable bonds is 6. The summed E-state index contributed by atoms with van der Waals surface area (Å²) in [5.41, 5.74) is 6.56. The number of alkyl halides is 1. The molecule has 0 unspecified atom stereocenters. The van der Waals surface area contributed by atoms with Gasteiger partial charge in [0.25, 0.3) is 0 Å². The summed E-state index contributed by atoms with van der Waals surface area (Å²) < 4.78 is 35.3. The van der Waals surface area contributed by atoms with Gasteiger partial charge in [0.2, 0.25) is 24.2 Å². The van der Waals surface area contributed by atoms with Crippen molar-refractivity contribution in [3.8, 4) is 0 Å². The van der Waals surface area contributed by atoms with E-state index in [9.17, 15) is 13.6 Å². The summed E-state index contributed by atoms with van der Waals surface area (Å²) in [6.07, 6.45) is 3.59. The maximum atomic E-state index is 14.7. The van der Waals surface area contributed by atoms with Crippen molar-refractivity contribution in [1.29, 1.82) is 0 Å². The zero-order chi connectivity index (χ0) is 25.4. The highest BCUT2D eigenvalue weighted by molar-refractivity contribution is 6.36. The first kappa shape index (κ1) is 24.9. The summed E-state index contributed by atoms with van der Waals surface area (Å²) in [6, 6.07) is 2.35. The maximum absolute atomic E-state index is 14.7. The first-order valence-corrected chi connectivity index (χ1v) is 12.5. The van der Waals surface area contributed by atoms with E-state index in [0.29, 0.717) is 61.8 Å². The van der Waals surface area contributed by atoms with Crippen LogP contribution in [-0.4, -0.2) is 44.4 Å². The molecular formula is C23H25Cl2F2N7O2. The van der Waals surface area contributed by atoms with Crippen LogP contribution >= 0.6 is 23.2 Å². The van der Waals surface area contributed by atoms with Crippen molar-refractivity contribution in [2.75, 3.05) is 17.2 Å². The molecule has 3 heterocycles. The van der Waals surface area contributed by atoms with E-state index >= 15 is 0 Å². The Labute approximate surface area is 215 Å². The summed E-state index contributed by atoms with van der Waals surface area (Å²) in [5, 5.41) is 6.46. The first-order chi connectivity index (χ1) is 17.3. The number of anilines is 3. The van der Waals surface area contributed by atoms with Crippen molar-refractivity contribution < 1.29 is 18.3 Å². The van der Waals surface area contributed by atoms with Crippen LogP contribution < -0.4 is 16.4 Å². The van der Waals surface area contributed by atoms with Crippen LogP contribution in [0.1, 0.15) is 44.6 Å². The Hall–Kier alpha value is -2.76. The van der Waals surface area contributed by atoms with Gasteiger partial charge in [-0.05, 0) is 44.2 Å². The van der Waals surface area contributed by atoms with Gasteiger partial charge >= 0.3 is 0 Å². The van der Waals surface area contributed by atoms with Gasteiger partial charge < -0.3 is 21.1 Å². The van der Waals surface area contributed by atoms with Crippen molar-refractivity contribution in [1.82, 2.24) is 19.5 Å². The number of halogens is 4. The Kier molecular flexibility index (Phi) is 7.14. The number of carbonyl (C=O) groups excluding carboxylic acids is 1. The molecule has 0 radical (unpaired) electrons. The lowest BCUT2D eigenvalue weighted by Gasteiger charge is -2.29. The van der Waals surface area contributed by atoms with E-state index in [1.807, 2.05) is 4.57 Å². The molecule has 1 aliphatic heterocycles. The highest BCUT2D eigenvalue weighted by Crippen LogP contribution is 2.38. The molecule has 9 nitrogen and oxygen atoms in total. The largest absolute Gasteiger partial charge is 0.369 e. The van der Waals surface area contributed by atoms with E-state index in [1.165, 1.54) is 6.07 Å². The molecule has 4 N–H and O–H groups in total. The molecule has 36 heavy (non-hydrogen) atoms. The van der Waals surface area contributed by atoms with Gasteiger partial charge in [0, 0.05) is 29.4 Å². The maximum Gasteiger partial charge on any atom is 0.224 e. The Balaban J connectivity index is 1.51. The number of imidazole rings is 1. The number of aromatic nitrogens is 4. The Morgan fingerprint density at radius 3 is 2.64 bits per heavy atom. The molecule has 2 atom stereocenters. The lowest BCUT2D eigenvalue weighted by molar-refractivity contribution is -0.122. The van der Waals surface area contributed by atoms with E-state index in [1.54, 1.807) is 6.20 Å². The van der Waals surface area contributed by atoms with E-state index in [4.69, 9.17) is 33.7 Å². The predicted molar refractivity (Wildman–Crippen MR) is 133 cm³/mol. The molecule has 2 aromatic heterocycles. The predicted octanol–water partition coefficient (Wildman–Crippen LogP) is 5.12. The quantitative estimate of drug-likeness (QED) is 0.397. The second-order valence-electron chi connectivity index (χ2n) is 9.13. The number of nitrogens with zero attached hydrogens (tertiary/aromatic N) is 4. The van der Waals surface area contributed by atoms with E-state index in [2.05, 4.69) is 25.6 Å². The Bertz CT molecular complexity index is 1260. The average molecular weight is 540 g/mol. The number of amides is 1. The molecule has 192 valence electrons. The Morgan fingerprint density at radius 1 is 1.17 bits per heavy atom. The van der Waals surface area contributed by atoms with Gasteiger partial charge in [-0.2, -0.15) is 4.98 Å². The molecule has 1 amide bonds. The minimum absolute atomic E-state index is 0.0333. The third kappa shape index (κ3) is 5.18. The molecule has 1 saturated heterocycles. The topological polar surface area (TPSA) is 120 Å². The summed E-state index contributed by atoms with van der Waals surface area (Å²) >= 11 is 12.2. The number of ether oxygens (including phenoxy) is 1. The van der Waals surface area contributed by atoms with E-state index < -0.39 is 12.2 Å². The molecule has 2 fully saturated rings.